The van der Waals surface area contributed by atoms with Crippen LogP contribution in [-0.4, -0.2) is 24.5 Å². The minimum absolute atomic E-state index is 0. The van der Waals surface area contributed by atoms with Crippen LogP contribution in [0, 0.1) is 19.9 Å². The van der Waals surface area contributed by atoms with Crippen molar-refractivity contribution in [3.8, 4) is 0 Å². The summed E-state index contributed by atoms with van der Waals surface area (Å²) in [5, 5.41) is 0. The molecule has 1 nitrogen and oxygen atoms in total. The van der Waals surface area contributed by atoms with Gasteiger partial charge in [0, 0.05) is 0 Å². The molecule has 0 amide bonds. The molecule has 0 atom stereocenters. The molecule has 0 radical (unpaired) electrons. The van der Waals surface area contributed by atoms with E-state index in [1.165, 1.54) is 32.1 Å². The Labute approximate surface area is 122 Å². The molecule has 0 fully saturated rings. The number of allylic oxidation sites excluding steroid dienone is 2. The third-order valence-electron chi connectivity index (χ3n) is 2.39. The van der Waals surface area contributed by atoms with E-state index in [4.69, 9.17) is 0 Å². The molecule has 1 aliphatic rings. The van der Waals surface area contributed by atoms with E-state index in [9.17, 15) is 0 Å². The number of nitrogens with zero attached hydrogens (tertiary/aromatic N) is 1. The molecule has 0 spiro atoms. The summed E-state index contributed by atoms with van der Waals surface area (Å²) in [5.74, 6) is 0. The first-order valence-electron chi connectivity index (χ1n) is 5.71. The predicted molar refractivity (Wildman–Crippen MR) is 63.7 cm³/mol. The summed E-state index contributed by atoms with van der Waals surface area (Å²) in [7, 11) is 0. The second-order valence-electron chi connectivity index (χ2n) is 3.44. The Balaban J connectivity index is 0. The van der Waals surface area contributed by atoms with Crippen molar-refractivity contribution in [2.75, 3.05) is 19.6 Å². The molecule has 0 aromatic rings. The largest absolute Gasteiger partial charge is 3.00 e. The van der Waals surface area contributed by atoms with Gasteiger partial charge in [-0.1, -0.05) is 32.6 Å². The molecule has 0 aliphatic heterocycles. The Morgan fingerprint density at radius 3 is 2.33 bits per heavy atom. The second-order valence-corrected chi connectivity index (χ2v) is 3.44. The fraction of sp³-hybridized carbons (Fsp3) is 0.692. The number of hydrogen-bond acceptors (Lipinski definition) is 1. The average Bonchev–Trinajstić information content (AvgIpc) is 2.53. The first kappa shape index (κ1) is 18.2. The van der Waals surface area contributed by atoms with Crippen molar-refractivity contribution in [2.24, 2.45) is 0 Å². The molecular weight excluding hydrogens is 259 g/mol. The zero-order valence-electron chi connectivity index (χ0n) is 10.2. The van der Waals surface area contributed by atoms with Crippen molar-refractivity contribution in [3.05, 3.63) is 26.0 Å². The standard InChI is InChI=1S/C7H11.C6H13N.Y/c1-2-4-6-7-5-3-1;1-4-7(5-2)6-3;/h1H,2,4-7H2;1-2,4-6H2,3H3;/q-1;-2;+3. The maximum Gasteiger partial charge on any atom is 3.00 e. The van der Waals surface area contributed by atoms with Gasteiger partial charge in [-0.05, 0) is 6.54 Å². The molecule has 0 N–H and O–H groups in total. The molecule has 0 unspecified atom stereocenters. The van der Waals surface area contributed by atoms with Crippen molar-refractivity contribution in [1.29, 1.82) is 0 Å². The van der Waals surface area contributed by atoms with Gasteiger partial charge in [-0.2, -0.15) is 6.42 Å². The van der Waals surface area contributed by atoms with E-state index in [1.807, 2.05) is 0 Å². The first-order chi connectivity index (χ1) is 6.85. The van der Waals surface area contributed by atoms with Gasteiger partial charge in [0.1, 0.15) is 0 Å². The summed E-state index contributed by atoms with van der Waals surface area (Å²) in [6, 6.07) is 0. The third kappa shape index (κ3) is 12.7. The summed E-state index contributed by atoms with van der Waals surface area (Å²) in [6.07, 6.45) is 12.0. The van der Waals surface area contributed by atoms with Crippen LogP contribution in [0.25, 0.3) is 0 Å². The average molecular weight is 283 g/mol. The van der Waals surface area contributed by atoms with Gasteiger partial charge in [0.05, 0.1) is 0 Å². The van der Waals surface area contributed by atoms with Gasteiger partial charge >= 0.3 is 32.7 Å². The van der Waals surface area contributed by atoms with Crippen molar-refractivity contribution >= 4 is 0 Å². The zero-order valence-corrected chi connectivity index (χ0v) is 13.0. The fourth-order valence-corrected chi connectivity index (χ4v) is 1.28. The Morgan fingerprint density at radius 2 is 1.87 bits per heavy atom. The number of hydrogen-bond donors (Lipinski definition) is 0. The quantitative estimate of drug-likeness (QED) is 0.718. The van der Waals surface area contributed by atoms with Crippen molar-refractivity contribution in [1.82, 2.24) is 4.90 Å². The first-order valence-corrected chi connectivity index (χ1v) is 5.71. The zero-order chi connectivity index (χ0) is 10.6. The Kier molecular flexibility index (Phi) is 17.9. The maximum atomic E-state index is 3.71. The molecule has 1 aliphatic carbocycles. The van der Waals surface area contributed by atoms with Gasteiger partial charge in [0.25, 0.3) is 0 Å². The predicted octanol–water partition coefficient (Wildman–Crippen LogP) is 3.28. The van der Waals surface area contributed by atoms with Crippen LogP contribution in [0.15, 0.2) is 6.08 Å². The van der Waals surface area contributed by atoms with Gasteiger partial charge < -0.3 is 24.8 Å². The van der Waals surface area contributed by atoms with Gasteiger partial charge in [-0.15, -0.1) is 13.1 Å². The molecule has 0 heterocycles. The van der Waals surface area contributed by atoms with Crippen LogP contribution in [0.1, 0.15) is 39.0 Å². The van der Waals surface area contributed by atoms with Crippen LogP contribution in [0.2, 0.25) is 0 Å². The van der Waals surface area contributed by atoms with Crippen LogP contribution in [0.4, 0.5) is 0 Å². The van der Waals surface area contributed by atoms with E-state index in [0.29, 0.717) is 0 Å². The third-order valence-corrected chi connectivity index (χ3v) is 2.39. The molecule has 2 heteroatoms. The second kappa shape index (κ2) is 14.8. The van der Waals surface area contributed by atoms with Gasteiger partial charge in [-0.25, -0.2) is 0 Å². The Bertz CT molecular complexity index is 117. The topological polar surface area (TPSA) is 3.24 Å². The summed E-state index contributed by atoms with van der Waals surface area (Å²) < 4.78 is 0. The molecule has 15 heavy (non-hydrogen) atoms. The molecule has 0 bridgehead atoms. The minimum atomic E-state index is 0. The molecule has 0 aromatic carbocycles. The van der Waals surface area contributed by atoms with Crippen LogP contribution < -0.4 is 0 Å². The van der Waals surface area contributed by atoms with Crippen LogP contribution in [0.3, 0.4) is 0 Å². The van der Waals surface area contributed by atoms with Crippen molar-refractivity contribution < 1.29 is 32.7 Å². The van der Waals surface area contributed by atoms with E-state index in [2.05, 4.69) is 37.8 Å². The number of rotatable bonds is 3. The summed E-state index contributed by atoms with van der Waals surface area (Å²) in [5.41, 5.74) is 0. The maximum absolute atomic E-state index is 3.71. The minimum Gasteiger partial charge on any atom is -0.501 e. The van der Waals surface area contributed by atoms with E-state index in [1.54, 1.807) is 0 Å². The molecule has 0 saturated carbocycles. The summed E-state index contributed by atoms with van der Waals surface area (Å²) >= 11 is 0. The van der Waals surface area contributed by atoms with E-state index in [0.717, 1.165) is 19.6 Å². The smallest absolute Gasteiger partial charge is 0.501 e. The van der Waals surface area contributed by atoms with E-state index < -0.39 is 0 Å². The van der Waals surface area contributed by atoms with Crippen LogP contribution in [-0.2, 0) is 32.7 Å². The van der Waals surface area contributed by atoms with Gasteiger partial charge in [-0.3, -0.25) is 6.08 Å². The summed E-state index contributed by atoms with van der Waals surface area (Å²) in [4.78, 5) is 2.15. The van der Waals surface area contributed by atoms with Crippen molar-refractivity contribution in [2.45, 2.75) is 39.0 Å². The van der Waals surface area contributed by atoms with Crippen LogP contribution in [0.5, 0.6) is 0 Å². The molecule has 1 rings (SSSR count). The fourth-order valence-electron chi connectivity index (χ4n) is 1.28. The van der Waals surface area contributed by atoms with Crippen LogP contribution >= 0.6 is 0 Å². The Morgan fingerprint density at radius 1 is 1.20 bits per heavy atom. The van der Waals surface area contributed by atoms with Crippen molar-refractivity contribution in [3.63, 3.8) is 0 Å². The van der Waals surface area contributed by atoms with E-state index in [-0.39, 0.29) is 32.7 Å². The normalized spacial score (nSPS) is 14.9. The molecule has 0 aromatic heterocycles. The van der Waals surface area contributed by atoms with Gasteiger partial charge in [0.2, 0.25) is 0 Å². The monoisotopic (exact) mass is 283 g/mol. The van der Waals surface area contributed by atoms with Gasteiger partial charge in [0.15, 0.2) is 0 Å². The molecule has 84 valence electrons. The Hall–Kier alpha value is 0.804. The molecular formula is C13H24NY. The summed E-state index contributed by atoms with van der Waals surface area (Å²) in [6.45, 7) is 12.3. The SMILES string of the molecule is [C-]1=CCCCCC1.[CH2-]CN(C[CH2-])CC.[Y+3]. The van der Waals surface area contributed by atoms with E-state index >= 15 is 0 Å². The molecule has 0 saturated heterocycles.